The zero-order valence-electron chi connectivity index (χ0n) is 11.3. The molecule has 0 aromatic heterocycles. The number of hydrogen-bond donors (Lipinski definition) is 2. The van der Waals surface area contributed by atoms with E-state index in [0.717, 1.165) is 24.8 Å². The average Bonchev–Trinajstić information content (AvgIpc) is 2.56. The molecule has 0 spiro atoms. The maximum Gasteiger partial charge on any atom is 0.210 e. The molecule has 0 aliphatic carbocycles. The molecule has 1 unspecified atom stereocenters. The van der Waals surface area contributed by atoms with Crippen molar-refractivity contribution in [2.45, 2.75) is 18.8 Å². The predicted octanol–water partition coefficient (Wildman–Crippen LogP) is 2.34. The van der Waals surface area contributed by atoms with Crippen LogP contribution in [0.5, 0.6) is 0 Å². The summed E-state index contributed by atoms with van der Waals surface area (Å²) in [6, 6.07) is 5.29. The van der Waals surface area contributed by atoms with Gasteiger partial charge in [-0.15, -0.1) is 12.4 Å². The second-order valence-electron chi connectivity index (χ2n) is 4.67. The predicted molar refractivity (Wildman–Crippen MR) is 86.8 cm³/mol. The minimum absolute atomic E-state index is 0. The Labute approximate surface area is 140 Å². The summed E-state index contributed by atoms with van der Waals surface area (Å²) in [6.45, 7) is 1.15. The Bertz CT molecular complexity index is 583. The van der Waals surface area contributed by atoms with Crippen LogP contribution in [-0.2, 0) is 14.8 Å². The van der Waals surface area contributed by atoms with Gasteiger partial charge in [0.25, 0.3) is 0 Å². The summed E-state index contributed by atoms with van der Waals surface area (Å²) in [6.07, 6.45) is 0.987. The normalized spacial score (nSPS) is 23.2. The third-order valence-corrected chi connectivity index (χ3v) is 4.33. The summed E-state index contributed by atoms with van der Waals surface area (Å²) < 4.78 is 30.9. The highest BCUT2D eigenvalue weighted by Crippen LogP contribution is 2.29. The fourth-order valence-corrected chi connectivity index (χ4v) is 2.97. The molecule has 21 heavy (non-hydrogen) atoms. The lowest BCUT2D eigenvalue weighted by atomic mass is 10.1. The van der Waals surface area contributed by atoms with Crippen molar-refractivity contribution in [3.05, 3.63) is 33.8 Å². The van der Waals surface area contributed by atoms with Crippen LogP contribution in [-0.4, -0.2) is 34.0 Å². The molecule has 2 rings (SSSR count). The highest BCUT2D eigenvalue weighted by atomic mass is 35.5. The van der Waals surface area contributed by atoms with Crippen molar-refractivity contribution in [3.63, 3.8) is 0 Å². The van der Waals surface area contributed by atoms with Crippen LogP contribution in [0.15, 0.2) is 18.2 Å². The summed E-state index contributed by atoms with van der Waals surface area (Å²) in [5.74, 6) is 0. The van der Waals surface area contributed by atoms with Gasteiger partial charge in [0.2, 0.25) is 10.0 Å². The van der Waals surface area contributed by atoms with Crippen LogP contribution in [0, 0.1) is 0 Å². The van der Waals surface area contributed by atoms with E-state index >= 15 is 0 Å². The lowest BCUT2D eigenvalue weighted by molar-refractivity contribution is -0.00807. The van der Waals surface area contributed by atoms with Gasteiger partial charge in [0.1, 0.15) is 6.23 Å². The molecule has 2 atom stereocenters. The van der Waals surface area contributed by atoms with Gasteiger partial charge in [0.05, 0.1) is 22.4 Å². The maximum atomic E-state index is 11.3. The van der Waals surface area contributed by atoms with Gasteiger partial charge in [-0.3, -0.25) is 0 Å². The molecular weight excluding hydrogens is 359 g/mol. The van der Waals surface area contributed by atoms with Crippen LogP contribution in [0.3, 0.4) is 0 Å². The van der Waals surface area contributed by atoms with Gasteiger partial charge in [-0.05, 0) is 30.7 Å². The molecule has 1 aliphatic heterocycles. The van der Waals surface area contributed by atoms with Crippen LogP contribution >= 0.6 is 35.6 Å². The molecule has 1 saturated heterocycles. The first-order valence-corrected chi connectivity index (χ1v) is 8.78. The Morgan fingerprint density at radius 1 is 1.33 bits per heavy atom. The van der Waals surface area contributed by atoms with E-state index in [1.165, 1.54) is 0 Å². The molecule has 0 radical (unpaired) electrons. The lowest BCUT2D eigenvalue weighted by Crippen LogP contribution is -2.42. The second kappa shape index (κ2) is 7.97. The summed E-state index contributed by atoms with van der Waals surface area (Å²) in [7, 11) is -3.32. The molecule has 0 bridgehead atoms. The van der Waals surface area contributed by atoms with Crippen LogP contribution in [0.4, 0.5) is 0 Å². The van der Waals surface area contributed by atoms with E-state index in [2.05, 4.69) is 10.0 Å². The molecule has 9 heteroatoms. The molecule has 0 saturated carbocycles. The van der Waals surface area contributed by atoms with E-state index < -0.39 is 16.3 Å². The zero-order chi connectivity index (χ0) is 14.8. The minimum atomic E-state index is -3.32. The number of nitrogens with one attached hydrogen (secondary N) is 2. The largest absolute Gasteiger partial charge is 0.353 e. The van der Waals surface area contributed by atoms with Crippen molar-refractivity contribution in [2.24, 2.45) is 0 Å². The van der Waals surface area contributed by atoms with Gasteiger partial charge in [-0.1, -0.05) is 29.3 Å². The topological polar surface area (TPSA) is 67.4 Å². The third-order valence-electron chi connectivity index (χ3n) is 2.90. The SMILES string of the molecule is CS(=O)(=O)NC1CNCC[C@H](c2ccc(Cl)c(Cl)c2)O1.Cl. The quantitative estimate of drug-likeness (QED) is 0.851. The molecule has 1 heterocycles. The van der Waals surface area contributed by atoms with Crippen molar-refractivity contribution < 1.29 is 13.2 Å². The van der Waals surface area contributed by atoms with Crippen LogP contribution in [0.1, 0.15) is 18.1 Å². The van der Waals surface area contributed by atoms with Crippen molar-refractivity contribution >= 4 is 45.6 Å². The van der Waals surface area contributed by atoms with E-state index in [9.17, 15) is 8.42 Å². The molecule has 2 N–H and O–H groups in total. The van der Waals surface area contributed by atoms with Gasteiger partial charge in [0.15, 0.2) is 0 Å². The Hall–Kier alpha value is -0.0800. The Morgan fingerprint density at radius 2 is 2.05 bits per heavy atom. The van der Waals surface area contributed by atoms with E-state index in [-0.39, 0.29) is 18.5 Å². The first-order chi connectivity index (χ1) is 9.35. The van der Waals surface area contributed by atoms with E-state index in [1.807, 2.05) is 6.07 Å². The van der Waals surface area contributed by atoms with Crippen molar-refractivity contribution in [1.82, 2.24) is 10.0 Å². The third kappa shape index (κ3) is 5.90. The van der Waals surface area contributed by atoms with E-state index in [0.29, 0.717) is 16.6 Å². The summed E-state index contributed by atoms with van der Waals surface area (Å²) in [5.41, 5.74) is 0.878. The summed E-state index contributed by atoms with van der Waals surface area (Å²) in [5, 5.41) is 4.07. The number of halogens is 3. The maximum absolute atomic E-state index is 11.3. The number of hydrogen-bond acceptors (Lipinski definition) is 4. The molecule has 5 nitrogen and oxygen atoms in total. The van der Waals surface area contributed by atoms with Crippen LogP contribution < -0.4 is 10.0 Å². The van der Waals surface area contributed by atoms with Crippen molar-refractivity contribution in [1.29, 1.82) is 0 Å². The monoisotopic (exact) mass is 374 g/mol. The number of sulfonamides is 1. The van der Waals surface area contributed by atoms with Crippen molar-refractivity contribution in [3.8, 4) is 0 Å². The van der Waals surface area contributed by atoms with E-state index in [1.54, 1.807) is 12.1 Å². The average molecular weight is 376 g/mol. The lowest BCUT2D eigenvalue weighted by Gasteiger charge is -2.22. The van der Waals surface area contributed by atoms with E-state index in [4.69, 9.17) is 27.9 Å². The van der Waals surface area contributed by atoms with Gasteiger partial charge in [0, 0.05) is 6.54 Å². The van der Waals surface area contributed by atoms with Gasteiger partial charge in [-0.25, -0.2) is 8.42 Å². The first kappa shape index (κ1) is 19.0. The Kier molecular flexibility index (Phi) is 7.19. The molecular formula is C12H17Cl3N2O3S. The Balaban J connectivity index is 0.00000220. The number of ether oxygens (including phenoxy) is 1. The fraction of sp³-hybridized carbons (Fsp3) is 0.500. The smallest absolute Gasteiger partial charge is 0.210 e. The minimum Gasteiger partial charge on any atom is -0.353 e. The standard InChI is InChI=1S/C12H16Cl2N2O3S.ClH/c1-20(17,18)16-12-7-15-5-4-11(19-12)8-2-3-9(13)10(14)6-8;/h2-3,6,11-12,15-16H,4-5,7H2,1H3;1H/t11-,12?;/m1./s1. The summed E-state index contributed by atoms with van der Waals surface area (Å²) in [4.78, 5) is 0. The first-order valence-electron chi connectivity index (χ1n) is 6.13. The molecule has 1 aromatic carbocycles. The number of benzene rings is 1. The van der Waals surface area contributed by atoms with Gasteiger partial charge >= 0.3 is 0 Å². The molecule has 1 aliphatic rings. The molecule has 1 aromatic rings. The zero-order valence-corrected chi connectivity index (χ0v) is 14.5. The van der Waals surface area contributed by atoms with Crippen LogP contribution in [0.25, 0.3) is 0 Å². The van der Waals surface area contributed by atoms with Crippen molar-refractivity contribution in [2.75, 3.05) is 19.3 Å². The fourth-order valence-electron chi connectivity index (χ4n) is 2.05. The second-order valence-corrected chi connectivity index (χ2v) is 7.26. The molecule has 1 fully saturated rings. The Morgan fingerprint density at radius 3 is 2.67 bits per heavy atom. The van der Waals surface area contributed by atoms with Crippen LogP contribution in [0.2, 0.25) is 10.0 Å². The molecule has 120 valence electrons. The highest BCUT2D eigenvalue weighted by molar-refractivity contribution is 7.88. The molecule has 0 amide bonds. The number of rotatable bonds is 3. The highest BCUT2D eigenvalue weighted by Gasteiger charge is 2.24. The van der Waals surface area contributed by atoms with Gasteiger partial charge in [-0.2, -0.15) is 4.72 Å². The summed E-state index contributed by atoms with van der Waals surface area (Å²) >= 11 is 11.9. The van der Waals surface area contributed by atoms with Gasteiger partial charge < -0.3 is 10.1 Å².